The Morgan fingerprint density at radius 2 is 1.79 bits per heavy atom. The monoisotopic (exact) mass is 216 g/mol. The van der Waals surface area contributed by atoms with Crippen LogP contribution in [0.25, 0.3) is 0 Å². The molecule has 78 valence electrons. The fourth-order valence-corrected chi connectivity index (χ4v) is 1.44. The van der Waals surface area contributed by atoms with Crippen molar-refractivity contribution in [1.82, 2.24) is 0 Å². The van der Waals surface area contributed by atoms with E-state index in [1.54, 1.807) is 32.4 Å². The highest BCUT2D eigenvalue weighted by Gasteiger charge is 2.17. The van der Waals surface area contributed by atoms with Gasteiger partial charge in [-0.25, -0.2) is 0 Å². The standard InChI is InChI=1S/C10H13ClO3/c1-13-8-4-3-5-9(14-2)10(8)7(12)6-11/h3-5,7,12H,6H2,1-2H3/t7-/m1/s1. The summed E-state index contributed by atoms with van der Waals surface area (Å²) < 4.78 is 10.2. The highest BCUT2D eigenvalue weighted by Crippen LogP contribution is 2.34. The predicted octanol–water partition coefficient (Wildman–Crippen LogP) is 1.98. The molecule has 14 heavy (non-hydrogen) atoms. The van der Waals surface area contributed by atoms with Gasteiger partial charge < -0.3 is 14.6 Å². The lowest BCUT2D eigenvalue weighted by molar-refractivity contribution is 0.192. The third-order valence-electron chi connectivity index (χ3n) is 1.95. The second-order valence-electron chi connectivity index (χ2n) is 2.75. The highest BCUT2D eigenvalue weighted by atomic mass is 35.5. The molecular weight excluding hydrogens is 204 g/mol. The smallest absolute Gasteiger partial charge is 0.128 e. The lowest BCUT2D eigenvalue weighted by atomic mass is 10.1. The lowest BCUT2D eigenvalue weighted by Crippen LogP contribution is -2.04. The Balaban J connectivity index is 3.18. The van der Waals surface area contributed by atoms with Gasteiger partial charge in [-0.2, -0.15) is 0 Å². The largest absolute Gasteiger partial charge is 0.496 e. The summed E-state index contributed by atoms with van der Waals surface area (Å²) in [6.45, 7) is 0. The molecule has 1 atom stereocenters. The normalized spacial score (nSPS) is 12.3. The molecule has 0 unspecified atom stereocenters. The molecule has 0 heterocycles. The van der Waals surface area contributed by atoms with Gasteiger partial charge in [0.25, 0.3) is 0 Å². The van der Waals surface area contributed by atoms with Gasteiger partial charge >= 0.3 is 0 Å². The van der Waals surface area contributed by atoms with E-state index in [-0.39, 0.29) is 5.88 Å². The van der Waals surface area contributed by atoms with E-state index in [9.17, 15) is 5.11 Å². The van der Waals surface area contributed by atoms with Crippen LogP contribution in [0.5, 0.6) is 11.5 Å². The van der Waals surface area contributed by atoms with Gasteiger partial charge in [-0.15, -0.1) is 11.6 Å². The highest BCUT2D eigenvalue weighted by molar-refractivity contribution is 6.18. The first-order chi connectivity index (χ1) is 6.74. The number of hydrogen-bond acceptors (Lipinski definition) is 3. The molecule has 0 amide bonds. The number of hydrogen-bond donors (Lipinski definition) is 1. The Labute approximate surface area is 88.2 Å². The van der Waals surface area contributed by atoms with Gasteiger partial charge in [-0.3, -0.25) is 0 Å². The van der Waals surface area contributed by atoms with E-state index in [1.165, 1.54) is 0 Å². The van der Waals surface area contributed by atoms with Crippen LogP contribution < -0.4 is 9.47 Å². The molecule has 0 bridgehead atoms. The number of methoxy groups -OCH3 is 2. The van der Waals surface area contributed by atoms with Crippen molar-refractivity contribution in [3.8, 4) is 11.5 Å². The molecule has 1 aromatic carbocycles. The van der Waals surface area contributed by atoms with Crippen molar-refractivity contribution < 1.29 is 14.6 Å². The van der Waals surface area contributed by atoms with Gasteiger partial charge in [-0.05, 0) is 12.1 Å². The molecule has 0 aromatic heterocycles. The summed E-state index contributed by atoms with van der Waals surface area (Å²) in [4.78, 5) is 0. The number of ether oxygens (including phenoxy) is 2. The number of halogens is 1. The zero-order chi connectivity index (χ0) is 10.6. The molecule has 0 saturated heterocycles. The van der Waals surface area contributed by atoms with Crippen LogP contribution in [0.4, 0.5) is 0 Å². The Morgan fingerprint density at radius 1 is 1.29 bits per heavy atom. The van der Waals surface area contributed by atoms with Crippen molar-refractivity contribution in [2.24, 2.45) is 0 Å². The second kappa shape index (κ2) is 5.08. The Bertz CT molecular complexity index is 279. The van der Waals surface area contributed by atoms with Crippen LogP contribution in [0.15, 0.2) is 18.2 Å². The number of rotatable bonds is 4. The van der Waals surface area contributed by atoms with Crippen molar-refractivity contribution >= 4 is 11.6 Å². The van der Waals surface area contributed by atoms with E-state index in [4.69, 9.17) is 21.1 Å². The van der Waals surface area contributed by atoms with Gasteiger partial charge in [0.2, 0.25) is 0 Å². The third kappa shape index (κ3) is 2.11. The van der Waals surface area contributed by atoms with E-state index in [1.807, 2.05) is 0 Å². The van der Waals surface area contributed by atoms with E-state index in [2.05, 4.69) is 0 Å². The minimum Gasteiger partial charge on any atom is -0.496 e. The summed E-state index contributed by atoms with van der Waals surface area (Å²) in [5, 5.41) is 9.66. The molecule has 0 aliphatic heterocycles. The Morgan fingerprint density at radius 3 is 2.14 bits per heavy atom. The summed E-state index contributed by atoms with van der Waals surface area (Å²) in [6, 6.07) is 5.31. The topological polar surface area (TPSA) is 38.7 Å². The van der Waals surface area contributed by atoms with Gasteiger partial charge in [0.15, 0.2) is 0 Å². The first-order valence-electron chi connectivity index (χ1n) is 4.19. The van der Waals surface area contributed by atoms with Crippen molar-refractivity contribution in [1.29, 1.82) is 0 Å². The summed E-state index contributed by atoms with van der Waals surface area (Å²) in [7, 11) is 3.08. The van der Waals surface area contributed by atoms with E-state index < -0.39 is 6.10 Å². The molecule has 0 radical (unpaired) electrons. The molecule has 0 aliphatic rings. The van der Waals surface area contributed by atoms with Crippen molar-refractivity contribution in [3.05, 3.63) is 23.8 Å². The van der Waals surface area contributed by atoms with Crippen LogP contribution in [-0.2, 0) is 0 Å². The first kappa shape index (κ1) is 11.1. The quantitative estimate of drug-likeness (QED) is 0.783. The number of benzene rings is 1. The van der Waals surface area contributed by atoms with Crippen LogP contribution in [0.2, 0.25) is 0 Å². The Hall–Kier alpha value is -0.930. The van der Waals surface area contributed by atoms with Crippen LogP contribution >= 0.6 is 11.6 Å². The summed E-state index contributed by atoms with van der Waals surface area (Å²) in [5.74, 6) is 1.27. The SMILES string of the molecule is COc1cccc(OC)c1[C@H](O)CCl. The molecule has 0 saturated carbocycles. The number of aliphatic hydroxyl groups is 1. The minimum absolute atomic E-state index is 0.108. The van der Waals surface area contributed by atoms with Crippen LogP contribution in [0.3, 0.4) is 0 Å². The van der Waals surface area contributed by atoms with Gasteiger partial charge in [-0.1, -0.05) is 6.07 Å². The molecule has 0 spiro atoms. The summed E-state index contributed by atoms with van der Waals surface area (Å²) in [5.41, 5.74) is 0.590. The molecular formula is C10H13ClO3. The van der Waals surface area contributed by atoms with Crippen LogP contribution in [0, 0.1) is 0 Å². The third-order valence-corrected chi connectivity index (χ3v) is 2.24. The zero-order valence-electron chi connectivity index (χ0n) is 8.16. The van der Waals surface area contributed by atoms with E-state index in [0.29, 0.717) is 17.1 Å². The number of alkyl halides is 1. The average molecular weight is 217 g/mol. The van der Waals surface area contributed by atoms with Gasteiger partial charge in [0, 0.05) is 0 Å². The lowest BCUT2D eigenvalue weighted by Gasteiger charge is -2.15. The summed E-state index contributed by atoms with van der Waals surface area (Å²) >= 11 is 5.58. The van der Waals surface area contributed by atoms with Crippen molar-refractivity contribution in [2.45, 2.75) is 6.10 Å². The summed E-state index contributed by atoms with van der Waals surface area (Å²) in [6.07, 6.45) is -0.775. The maximum Gasteiger partial charge on any atom is 0.128 e. The molecule has 0 fully saturated rings. The molecule has 4 heteroatoms. The fourth-order valence-electron chi connectivity index (χ4n) is 1.29. The maximum absolute atomic E-state index is 9.66. The fraction of sp³-hybridized carbons (Fsp3) is 0.400. The predicted molar refractivity (Wildman–Crippen MR) is 55.2 cm³/mol. The average Bonchev–Trinajstić information content (AvgIpc) is 2.26. The first-order valence-corrected chi connectivity index (χ1v) is 4.73. The number of aliphatic hydroxyl groups excluding tert-OH is 1. The van der Waals surface area contributed by atoms with Crippen LogP contribution in [-0.4, -0.2) is 25.2 Å². The van der Waals surface area contributed by atoms with Gasteiger partial charge in [0.1, 0.15) is 11.5 Å². The van der Waals surface area contributed by atoms with Crippen molar-refractivity contribution in [2.75, 3.05) is 20.1 Å². The Kier molecular flexibility index (Phi) is 4.04. The maximum atomic E-state index is 9.66. The molecule has 3 nitrogen and oxygen atoms in total. The molecule has 1 rings (SSSR count). The molecule has 0 aliphatic carbocycles. The molecule has 1 N–H and O–H groups in total. The molecule has 1 aromatic rings. The second-order valence-corrected chi connectivity index (χ2v) is 3.05. The zero-order valence-corrected chi connectivity index (χ0v) is 8.91. The van der Waals surface area contributed by atoms with E-state index >= 15 is 0 Å². The van der Waals surface area contributed by atoms with Gasteiger partial charge in [0.05, 0.1) is 31.8 Å². The van der Waals surface area contributed by atoms with Crippen LogP contribution in [0.1, 0.15) is 11.7 Å². The van der Waals surface area contributed by atoms with E-state index in [0.717, 1.165) is 0 Å². The minimum atomic E-state index is -0.775. The van der Waals surface area contributed by atoms with Crippen molar-refractivity contribution in [3.63, 3.8) is 0 Å².